The van der Waals surface area contributed by atoms with E-state index in [2.05, 4.69) is 15.3 Å². The van der Waals surface area contributed by atoms with Crippen molar-refractivity contribution in [1.82, 2.24) is 14.9 Å². The summed E-state index contributed by atoms with van der Waals surface area (Å²) in [4.78, 5) is 25.4. The van der Waals surface area contributed by atoms with Crippen LogP contribution in [-0.2, 0) is 12.8 Å². The number of rotatable bonds is 3. The number of fused-ring (bicyclic) bond motifs is 3. The molecular formula is C19H20N4OS. The maximum absolute atomic E-state index is 12.0. The third kappa shape index (κ3) is 2.87. The van der Waals surface area contributed by atoms with Crippen LogP contribution < -0.4 is 5.32 Å². The summed E-state index contributed by atoms with van der Waals surface area (Å²) in [6.45, 7) is 1.92. The third-order valence-corrected chi connectivity index (χ3v) is 5.66. The highest BCUT2D eigenvalue weighted by atomic mass is 32.1. The summed E-state index contributed by atoms with van der Waals surface area (Å²) in [5.74, 6) is 1.64. The number of aryl methyl sites for hydroxylation is 3. The summed E-state index contributed by atoms with van der Waals surface area (Å²) >= 11 is 1.79. The van der Waals surface area contributed by atoms with Crippen molar-refractivity contribution in [3.05, 3.63) is 46.1 Å². The van der Waals surface area contributed by atoms with Gasteiger partial charge in [0.2, 0.25) is 0 Å². The molecule has 128 valence electrons. The van der Waals surface area contributed by atoms with Gasteiger partial charge in [0.05, 0.1) is 5.39 Å². The Morgan fingerprint density at radius 2 is 1.92 bits per heavy atom. The summed E-state index contributed by atoms with van der Waals surface area (Å²) in [7, 11) is 3.51. The number of thiophene rings is 1. The first-order valence-corrected chi connectivity index (χ1v) is 9.22. The summed E-state index contributed by atoms with van der Waals surface area (Å²) < 4.78 is 0. The van der Waals surface area contributed by atoms with Gasteiger partial charge in [-0.3, -0.25) is 4.79 Å². The van der Waals surface area contributed by atoms with Crippen LogP contribution in [0.5, 0.6) is 0 Å². The second-order valence-electron chi connectivity index (χ2n) is 6.56. The molecular weight excluding hydrogens is 332 g/mol. The number of aromatic nitrogens is 2. The van der Waals surface area contributed by atoms with Crippen molar-refractivity contribution in [2.45, 2.75) is 26.2 Å². The number of carbonyl (C=O) groups excluding carboxylic acids is 1. The predicted molar refractivity (Wildman–Crippen MR) is 102 cm³/mol. The monoisotopic (exact) mass is 352 g/mol. The Bertz CT molecular complexity index is 960. The van der Waals surface area contributed by atoms with Gasteiger partial charge in [0.25, 0.3) is 5.91 Å². The van der Waals surface area contributed by atoms with Gasteiger partial charge in [0.1, 0.15) is 16.5 Å². The van der Waals surface area contributed by atoms with E-state index in [1.54, 1.807) is 30.3 Å². The minimum absolute atomic E-state index is 0.00229. The largest absolute Gasteiger partial charge is 0.345 e. The van der Waals surface area contributed by atoms with E-state index in [4.69, 9.17) is 0 Å². The number of benzene rings is 1. The van der Waals surface area contributed by atoms with Crippen molar-refractivity contribution >= 4 is 39.0 Å². The molecule has 0 saturated heterocycles. The molecule has 1 aliphatic rings. The third-order valence-electron chi connectivity index (χ3n) is 4.48. The molecule has 1 aliphatic carbocycles. The Balaban J connectivity index is 1.70. The zero-order valence-electron chi connectivity index (χ0n) is 14.6. The molecule has 2 aromatic heterocycles. The van der Waals surface area contributed by atoms with E-state index >= 15 is 0 Å². The topological polar surface area (TPSA) is 58.1 Å². The van der Waals surface area contributed by atoms with Gasteiger partial charge >= 0.3 is 0 Å². The Kier molecular flexibility index (Phi) is 3.92. The lowest BCUT2D eigenvalue weighted by atomic mass is 10.1. The van der Waals surface area contributed by atoms with E-state index in [0.717, 1.165) is 40.4 Å². The zero-order valence-corrected chi connectivity index (χ0v) is 15.4. The van der Waals surface area contributed by atoms with Gasteiger partial charge in [0, 0.05) is 30.2 Å². The van der Waals surface area contributed by atoms with Gasteiger partial charge in [-0.25, -0.2) is 9.97 Å². The average molecular weight is 352 g/mol. The molecule has 0 bridgehead atoms. The van der Waals surface area contributed by atoms with Gasteiger partial charge < -0.3 is 10.2 Å². The van der Waals surface area contributed by atoms with Crippen molar-refractivity contribution < 1.29 is 4.79 Å². The Morgan fingerprint density at radius 3 is 2.64 bits per heavy atom. The van der Waals surface area contributed by atoms with Crippen LogP contribution in [0.25, 0.3) is 10.2 Å². The fourth-order valence-corrected chi connectivity index (χ4v) is 4.59. The minimum Gasteiger partial charge on any atom is -0.345 e. The molecule has 1 N–H and O–H groups in total. The quantitative estimate of drug-likeness (QED) is 0.776. The van der Waals surface area contributed by atoms with Crippen molar-refractivity contribution in [3.8, 4) is 0 Å². The standard InChI is InChI=1S/C19H20N4OS/c1-11-20-17(16-14-5-4-6-15(14)25-18(16)21-11)22-13-9-7-12(8-10-13)19(24)23(2)3/h7-10H,4-6H2,1-3H3,(H,20,21,22). The Morgan fingerprint density at radius 1 is 1.16 bits per heavy atom. The van der Waals surface area contributed by atoms with Crippen LogP contribution in [0.2, 0.25) is 0 Å². The van der Waals surface area contributed by atoms with E-state index in [0.29, 0.717) is 5.56 Å². The number of carbonyl (C=O) groups is 1. The lowest BCUT2D eigenvalue weighted by molar-refractivity contribution is 0.0827. The Hall–Kier alpha value is -2.47. The fourth-order valence-electron chi connectivity index (χ4n) is 3.28. The SMILES string of the molecule is Cc1nc(Nc2ccc(C(=O)N(C)C)cc2)c2c3c(sc2n1)CCC3. The molecule has 0 fully saturated rings. The molecule has 0 unspecified atom stereocenters. The fraction of sp³-hybridized carbons (Fsp3) is 0.316. The van der Waals surface area contributed by atoms with Crippen molar-refractivity contribution in [1.29, 1.82) is 0 Å². The highest BCUT2D eigenvalue weighted by molar-refractivity contribution is 7.19. The number of hydrogen-bond acceptors (Lipinski definition) is 5. The van der Waals surface area contributed by atoms with Gasteiger partial charge in [-0.1, -0.05) is 0 Å². The maximum atomic E-state index is 12.0. The molecule has 0 spiro atoms. The van der Waals surface area contributed by atoms with E-state index in [9.17, 15) is 4.79 Å². The summed E-state index contributed by atoms with van der Waals surface area (Å²) in [6, 6.07) is 7.53. The van der Waals surface area contributed by atoms with Crippen LogP contribution in [0, 0.1) is 6.92 Å². The van der Waals surface area contributed by atoms with Crippen LogP contribution in [0.1, 0.15) is 33.0 Å². The van der Waals surface area contributed by atoms with E-state index in [1.807, 2.05) is 31.2 Å². The van der Waals surface area contributed by atoms with Crippen LogP contribution in [-0.4, -0.2) is 34.9 Å². The molecule has 0 saturated carbocycles. The molecule has 0 radical (unpaired) electrons. The minimum atomic E-state index is 0.00229. The van der Waals surface area contributed by atoms with Crippen LogP contribution in [0.4, 0.5) is 11.5 Å². The highest BCUT2D eigenvalue weighted by Gasteiger charge is 2.22. The normalized spacial score (nSPS) is 13.1. The lowest BCUT2D eigenvalue weighted by Gasteiger charge is -2.12. The maximum Gasteiger partial charge on any atom is 0.253 e. The first kappa shape index (κ1) is 16.0. The van der Waals surface area contributed by atoms with E-state index < -0.39 is 0 Å². The van der Waals surface area contributed by atoms with Gasteiger partial charge in [0.15, 0.2) is 0 Å². The predicted octanol–water partition coefficient (Wildman–Crippen LogP) is 3.93. The van der Waals surface area contributed by atoms with Gasteiger partial charge in [-0.15, -0.1) is 11.3 Å². The highest BCUT2D eigenvalue weighted by Crippen LogP contribution is 2.40. The number of nitrogens with one attached hydrogen (secondary N) is 1. The second-order valence-corrected chi connectivity index (χ2v) is 7.64. The first-order valence-electron chi connectivity index (χ1n) is 8.40. The van der Waals surface area contributed by atoms with Crippen molar-refractivity contribution in [2.75, 3.05) is 19.4 Å². The van der Waals surface area contributed by atoms with Crippen LogP contribution in [0.15, 0.2) is 24.3 Å². The van der Waals surface area contributed by atoms with Crippen molar-refractivity contribution in [2.24, 2.45) is 0 Å². The number of hydrogen-bond donors (Lipinski definition) is 1. The molecule has 2 heterocycles. The van der Waals surface area contributed by atoms with E-state index in [-0.39, 0.29) is 5.91 Å². The zero-order chi connectivity index (χ0) is 17.6. The number of amides is 1. The molecule has 25 heavy (non-hydrogen) atoms. The molecule has 0 aliphatic heterocycles. The molecule has 5 nitrogen and oxygen atoms in total. The first-order chi connectivity index (χ1) is 12.0. The smallest absolute Gasteiger partial charge is 0.253 e. The molecule has 6 heteroatoms. The number of anilines is 2. The average Bonchev–Trinajstić information content (AvgIpc) is 3.15. The van der Waals surface area contributed by atoms with Gasteiger partial charge in [-0.2, -0.15) is 0 Å². The molecule has 1 amide bonds. The van der Waals surface area contributed by atoms with Crippen LogP contribution in [0.3, 0.4) is 0 Å². The van der Waals surface area contributed by atoms with Crippen molar-refractivity contribution in [3.63, 3.8) is 0 Å². The summed E-state index contributed by atoms with van der Waals surface area (Å²) in [6.07, 6.45) is 3.47. The molecule has 4 rings (SSSR count). The van der Waals surface area contributed by atoms with Gasteiger partial charge in [-0.05, 0) is 56.0 Å². The lowest BCUT2D eigenvalue weighted by Crippen LogP contribution is -2.21. The summed E-state index contributed by atoms with van der Waals surface area (Å²) in [5.41, 5.74) is 3.01. The van der Waals surface area contributed by atoms with Crippen LogP contribution >= 0.6 is 11.3 Å². The molecule has 3 aromatic rings. The number of nitrogens with zero attached hydrogens (tertiary/aromatic N) is 3. The molecule has 0 atom stereocenters. The Labute approximate surface area is 150 Å². The molecule has 1 aromatic carbocycles. The summed E-state index contributed by atoms with van der Waals surface area (Å²) in [5, 5.41) is 4.59. The second kappa shape index (κ2) is 6.11. The van der Waals surface area contributed by atoms with E-state index in [1.165, 1.54) is 16.9 Å².